The highest BCUT2D eigenvalue weighted by Gasteiger charge is 2.36. The predicted octanol–water partition coefficient (Wildman–Crippen LogP) is 2.62. The van der Waals surface area contributed by atoms with Gasteiger partial charge in [-0.15, -0.1) is 0 Å². The number of nitrogens with zero attached hydrogens (tertiary/aromatic N) is 3. The smallest absolute Gasteiger partial charge is 0.235 e. The van der Waals surface area contributed by atoms with Crippen LogP contribution in [0.4, 0.5) is 10.1 Å². The highest BCUT2D eigenvalue weighted by molar-refractivity contribution is 5.84. The minimum absolute atomic E-state index is 0.259. The minimum Gasteiger partial charge on any atom is -0.392 e. The van der Waals surface area contributed by atoms with Crippen molar-refractivity contribution in [1.82, 2.24) is 5.01 Å². The number of aliphatic hydroxyl groups is 1. The molecule has 152 valence electrons. The summed E-state index contributed by atoms with van der Waals surface area (Å²) >= 11 is 0. The van der Waals surface area contributed by atoms with Crippen LogP contribution in [0.15, 0.2) is 42.5 Å². The van der Waals surface area contributed by atoms with E-state index < -0.39 is 17.9 Å². The number of aliphatic hydroxyl groups excluding tert-OH is 1. The average molecular weight is 397 g/mol. The molecule has 0 fully saturated rings. The Balaban J connectivity index is 0.000000941. The zero-order valence-corrected chi connectivity index (χ0v) is 16.8. The molecule has 7 heteroatoms. The summed E-state index contributed by atoms with van der Waals surface area (Å²) in [5, 5.41) is 19.4. The second-order valence-corrected chi connectivity index (χ2v) is 6.80. The van der Waals surface area contributed by atoms with E-state index in [1.54, 1.807) is 18.2 Å². The van der Waals surface area contributed by atoms with E-state index in [1.807, 2.05) is 48.1 Å². The van der Waals surface area contributed by atoms with Crippen molar-refractivity contribution in [2.75, 3.05) is 7.05 Å². The Morgan fingerprint density at radius 2 is 2.00 bits per heavy atom. The van der Waals surface area contributed by atoms with Crippen molar-refractivity contribution in [2.45, 2.75) is 38.8 Å². The van der Waals surface area contributed by atoms with E-state index in [-0.39, 0.29) is 5.82 Å². The molecule has 1 aliphatic rings. The summed E-state index contributed by atoms with van der Waals surface area (Å²) in [6, 6.07) is 13.9. The van der Waals surface area contributed by atoms with E-state index in [2.05, 4.69) is 0 Å². The number of nitrogens with two attached hydrogens (primary N) is 1. The van der Waals surface area contributed by atoms with Crippen LogP contribution in [0.3, 0.4) is 0 Å². The lowest BCUT2D eigenvalue weighted by Crippen LogP contribution is -2.29. The summed E-state index contributed by atoms with van der Waals surface area (Å²) < 4.78 is 15.0. The third-order valence-electron chi connectivity index (χ3n) is 4.79. The van der Waals surface area contributed by atoms with Crippen LogP contribution >= 0.6 is 0 Å². The maximum absolute atomic E-state index is 13.1. The number of amides is 1. The van der Waals surface area contributed by atoms with Crippen LogP contribution in [0.25, 0.3) is 0 Å². The monoisotopic (exact) mass is 397 g/mol. The van der Waals surface area contributed by atoms with Gasteiger partial charge in [0.25, 0.3) is 0 Å². The summed E-state index contributed by atoms with van der Waals surface area (Å²) in [7, 11) is 1.93. The van der Waals surface area contributed by atoms with Crippen LogP contribution < -0.4 is 5.73 Å². The fraction of sp³-hybridized carbons (Fsp3) is 0.318. The molecule has 0 aliphatic heterocycles. The van der Waals surface area contributed by atoms with Crippen LogP contribution in [-0.2, 0) is 17.8 Å². The zero-order chi connectivity index (χ0) is 21.6. The van der Waals surface area contributed by atoms with Gasteiger partial charge in [0.1, 0.15) is 5.82 Å². The highest BCUT2D eigenvalue weighted by Crippen LogP contribution is 2.35. The first-order chi connectivity index (χ1) is 13.8. The lowest BCUT2D eigenvalue weighted by Gasteiger charge is -2.17. The number of halogens is 1. The Hall–Kier alpha value is -3.24. The van der Waals surface area contributed by atoms with Crippen molar-refractivity contribution < 1.29 is 19.0 Å². The predicted molar refractivity (Wildman–Crippen MR) is 109 cm³/mol. The molecule has 2 aromatic carbocycles. The van der Waals surface area contributed by atoms with E-state index >= 15 is 0 Å². The molecule has 2 atom stereocenters. The Bertz CT molecular complexity index is 935. The van der Waals surface area contributed by atoms with Gasteiger partial charge in [-0.05, 0) is 35.2 Å². The number of hydrogen-bond donors (Lipinski definition) is 2. The molecular weight excluding hydrogens is 371 g/mol. The molecule has 6 nitrogen and oxygen atoms in total. The Labute approximate surface area is 170 Å². The van der Waals surface area contributed by atoms with Crippen molar-refractivity contribution in [1.29, 1.82) is 5.26 Å². The number of hydrazone groups is 1. The molecule has 1 aliphatic carbocycles. The molecule has 0 aromatic heterocycles. The summed E-state index contributed by atoms with van der Waals surface area (Å²) in [4.78, 5) is 11.7. The third-order valence-corrected chi connectivity index (χ3v) is 4.79. The first kappa shape index (κ1) is 22.1. The molecule has 1 amide bonds. The van der Waals surface area contributed by atoms with Crippen molar-refractivity contribution in [3.05, 3.63) is 65.0 Å². The molecule has 3 N–H and O–H groups in total. The second-order valence-electron chi connectivity index (χ2n) is 6.80. The van der Waals surface area contributed by atoms with Gasteiger partial charge in [0, 0.05) is 26.0 Å². The van der Waals surface area contributed by atoms with Crippen LogP contribution in [-0.4, -0.2) is 40.1 Å². The summed E-state index contributed by atoms with van der Waals surface area (Å²) in [6.45, 7) is 3.93. The van der Waals surface area contributed by atoms with E-state index in [4.69, 9.17) is 11.0 Å². The quantitative estimate of drug-likeness (QED) is 0.461. The van der Waals surface area contributed by atoms with Crippen molar-refractivity contribution in [3.8, 4) is 6.07 Å². The number of hydrogen-bond acceptors (Lipinski definition) is 4. The molecule has 0 saturated heterocycles. The maximum Gasteiger partial charge on any atom is 0.235 e. The molecule has 0 heterocycles. The molecule has 29 heavy (non-hydrogen) atoms. The Kier molecular flexibility index (Phi) is 7.46. The van der Waals surface area contributed by atoms with E-state index in [0.717, 1.165) is 22.4 Å². The van der Waals surface area contributed by atoms with Crippen LogP contribution in [0.2, 0.25) is 0 Å². The van der Waals surface area contributed by atoms with Gasteiger partial charge >= 0.3 is 0 Å². The SMILES string of the molecule is CC#N.CC=[N+](c1ccc2c(c1)[C@@H](C(N)=O)[C@H](O)C2)N(C)Cc1ccc(F)cc1. The molecule has 0 radical (unpaired) electrons. The molecule has 0 unspecified atom stereocenters. The average Bonchev–Trinajstić information content (AvgIpc) is 3.00. The summed E-state index contributed by atoms with van der Waals surface area (Å²) in [6.07, 6.45) is 1.58. The third kappa shape index (κ3) is 5.18. The topological polar surface area (TPSA) is 93.4 Å². The summed E-state index contributed by atoms with van der Waals surface area (Å²) in [5.41, 5.74) is 9.05. The van der Waals surface area contributed by atoms with Gasteiger partial charge in [-0.3, -0.25) is 4.79 Å². The highest BCUT2D eigenvalue weighted by atomic mass is 19.1. The zero-order valence-electron chi connectivity index (χ0n) is 16.8. The van der Waals surface area contributed by atoms with Gasteiger partial charge in [-0.25, -0.2) is 4.39 Å². The molecule has 0 saturated carbocycles. The van der Waals surface area contributed by atoms with E-state index in [9.17, 15) is 14.3 Å². The van der Waals surface area contributed by atoms with Crippen molar-refractivity contribution in [2.24, 2.45) is 5.73 Å². The first-order valence-electron chi connectivity index (χ1n) is 9.27. The fourth-order valence-electron chi connectivity index (χ4n) is 3.57. The van der Waals surface area contributed by atoms with Crippen LogP contribution in [0, 0.1) is 17.1 Å². The minimum atomic E-state index is -0.770. The maximum atomic E-state index is 13.1. The number of nitriles is 1. The molecule has 0 bridgehead atoms. The van der Waals surface area contributed by atoms with Crippen LogP contribution in [0.1, 0.15) is 36.5 Å². The number of primary amides is 1. The first-order valence-corrected chi connectivity index (χ1v) is 9.27. The van der Waals surface area contributed by atoms with Gasteiger partial charge < -0.3 is 10.8 Å². The number of rotatable bonds is 5. The molecule has 2 aromatic rings. The normalized spacial score (nSPS) is 17.6. The number of fused-ring (bicyclic) bond motifs is 1. The van der Waals surface area contributed by atoms with Gasteiger partial charge in [-0.1, -0.05) is 22.9 Å². The largest absolute Gasteiger partial charge is 0.392 e. The lowest BCUT2D eigenvalue weighted by molar-refractivity contribution is -0.617. The van der Waals surface area contributed by atoms with Crippen LogP contribution in [0.5, 0.6) is 0 Å². The number of carbonyl (C=O) groups excluding carboxylic acids is 1. The fourth-order valence-corrected chi connectivity index (χ4v) is 3.57. The molecular formula is C22H26FN4O2+. The van der Waals surface area contributed by atoms with Gasteiger partial charge in [0.05, 0.1) is 31.7 Å². The molecule has 3 rings (SSSR count). The van der Waals surface area contributed by atoms with E-state index in [1.165, 1.54) is 19.1 Å². The number of benzene rings is 2. The van der Waals surface area contributed by atoms with Gasteiger partial charge in [-0.2, -0.15) is 10.3 Å². The van der Waals surface area contributed by atoms with Crippen molar-refractivity contribution >= 4 is 17.8 Å². The second kappa shape index (κ2) is 9.80. The Morgan fingerprint density at radius 3 is 2.55 bits per heavy atom. The number of hydrazine groups is 1. The molecule has 0 spiro atoms. The Morgan fingerprint density at radius 1 is 1.38 bits per heavy atom. The van der Waals surface area contributed by atoms with Crippen molar-refractivity contribution in [3.63, 3.8) is 0 Å². The number of carbonyl (C=O) groups is 1. The summed E-state index contributed by atoms with van der Waals surface area (Å²) in [5.74, 6) is -1.45. The standard InChI is InChI=1S/C20H22FN3O2.C2H3N/c1-3-24(23(2)12-13-4-7-15(21)8-5-13)16-9-6-14-10-18(25)19(20(22)26)17(14)11-16;1-2-3/h3-9,11,18-19,25H,10,12H2,1-2H3,(H-,22,26);1H3/p+1/t18-,19-;/m1./s1. The van der Waals surface area contributed by atoms with Gasteiger partial charge in [0.15, 0.2) is 6.21 Å². The van der Waals surface area contributed by atoms with E-state index in [0.29, 0.717) is 13.0 Å². The lowest BCUT2D eigenvalue weighted by atomic mass is 9.99. The van der Waals surface area contributed by atoms with Gasteiger partial charge in [0.2, 0.25) is 11.6 Å².